The predicted octanol–water partition coefficient (Wildman–Crippen LogP) is 3.52. The summed E-state index contributed by atoms with van der Waals surface area (Å²) in [5, 5.41) is 5.34. The summed E-state index contributed by atoms with van der Waals surface area (Å²) in [6.07, 6.45) is 2.57. The molecule has 0 saturated heterocycles. The van der Waals surface area contributed by atoms with Crippen LogP contribution in [-0.2, 0) is 0 Å². The van der Waals surface area contributed by atoms with E-state index in [-0.39, 0.29) is 5.91 Å². The standard InChI is InChI=1S/C17H20N2O3S/c1-4-8-18-16(20)13-11-23-17(19-13)12-6-7-14(22-9-5-2)15(10-12)21-3/h5-7,10-11H,2,4,8-9H2,1,3H3,(H,18,20). The summed E-state index contributed by atoms with van der Waals surface area (Å²) in [5.41, 5.74) is 1.32. The second-order valence-electron chi connectivity index (χ2n) is 4.76. The number of aromatic nitrogens is 1. The van der Waals surface area contributed by atoms with Crippen LogP contribution in [-0.4, -0.2) is 31.2 Å². The van der Waals surface area contributed by atoms with Crippen molar-refractivity contribution in [3.8, 4) is 22.1 Å². The van der Waals surface area contributed by atoms with E-state index in [0.717, 1.165) is 17.0 Å². The van der Waals surface area contributed by atoms with E-state index in [9.17, 15) is 4.79 Å². The maximum atomic E-state index is 11.9. The molecule has 0 radical (unpaired) electrons. The molecule has 1 aromatic heterocycles. The largest absolute Gasteiger partial charge is 0.493 e. The zero-order valence-electron chi connectivity index (χ0n) is 13.3. The van der Waals surface area contributed by atoms with E-state index < -0.39 is 0 Å². The summed E-state index contributed by atoms with van der Waals surface area (Å²) in [6.45, 7) is 6.69. The van der Waals surface area contributed by atoms with Crippen LogP contribution in [0.5, 0.6) is 11.5 Å². The summed E-state index contributed by atoms with van der Waals surface area (Å²) in [4.78, 5) is 16.3. The molecule has 122 valence electrons. The minimum atomic E-state index is -0.146. The number of methoxy groups -OCH3 is 1. The Hall–Kier alpha value is -2.34. The van der Waals surface area contributed by atoms with Gasteiger partial charge in [-0.05, 0) is 24.6 Å². The molecule has 5 nitrogen and oxygen atoms in total. The molecule has 0 aliphatic carbocycles. The highest BCUT2D eigenvalue weighted by atomic mass is 32.1. The van der Waals surface area contributed by atoms with Crippen LogP contribution in [0.3, 0.4) is 0 Å². The van der Waals surface area contributed by atoms with Gasteiger partial charge in [-0.1, -0.05) is 19.6 Å². The van der Waals surface area contributed by atoms with Crippen molar-refractivity contribution in [3.63, 3.8) is 0 Å². The lowest BCUT2D eigenvalue weighted by atomic mass is 10.2. The third-order valence-corrected chi connectivity index (χ3v) is 3.93. The van der Waals surface area contributed by atoms with Gasteiger partial charge in [0.1, 0.15) is 17.3 Å². The Morgan fingerprint density at radius 1 is 1.43 bits per heavy atom. The molecule has 2 rings (SSSR count). The van der Waals surface area contributed by atoms with Gasteiger partial charge in [-0.25, -0.2) is 4.98 Å². The third-order valence-electron chi connectivity index (χ3n) is 3.04. The van der Waals surface area contributed by atoms with Crippen molar-refractivity contribution in [3.05, 3.63) is 41.9 Å². The van der Waals surface area contributed by atoms with Crippen molar-refractivity contribution in [2.75, 3.05) is 20.3 Å². The van der Waals surface area contributed by atoms with Gasteiger partial charge in [-0.3, -0.25) is 4.79 Å². The van der Waals surface area contributed by atoms with Gasteiger partial charge in [-0.2, -0.15) is 0 Å². The number of rotatable bonds is 8. The number of carbonyl (C=O) groups is 1. The van der Waals surface area contributed by atoms with E-state index in [0.29, 0.717) is 30.3 Å². The molecular formula is C17H20N2O3S. The van der Waals surface area contributed by atoms with E-state index in [1.54, 1.807) is 18.6 Å². The fourth-order valence-corrected chi connectivity index (χ4v) is 2.71. The second kappa shape index (κ2) is 8.33. The molecule has 0 aliphatic heterocycles. The van der Waals surface area contributed by atoms with Crippen LogP contribution in [0.4, 0.5) is 0 Å². The Morgan fingerprint density at radius 3 is 2.96 bits per heavy atom. The number of thiazole rings is 1. The average molecular weight is 332 g/mol. The molecule has 0 atom stereocenters. The van der Waals surface area contributed by atoms with Crippen LogP contribution in [0.2, 0.25) is 0 Å². The van der Waals surface area contributed by atoms with E-state index in [1.807, 2.05) is 25.1 Å². The number of nitrogens with zero attached hydrogens (tertiary/aromatic N) is 1. The number of carbonyl (C=O) groups excluding carboxylic acids is 1. The molecule has 0 fully saturated rings. The molecule has 1 amide bonds. The van der Waals surface area contributed by atoms with Crippen molar-refractivity contribution in [2.24, 2.45) is 0 Å². The number of benzene rings is 1. The SMILES string of the molecule is C=CCOc1ccc(-c2nc(C(=O)NCCC)cs2)cc1OC. The molecule has 0 bridgehead atoms. The second-order valence-corrected chi connectivity index (χ2v) is 5.62. The Kier molecular flexibility index (Phi) is 6.17. The van der Waals surface area contributed by atoms with Crippen LogP contribution in [0.1, 0.15) is 23.8 Å². The topological polar surface area (TPSA) is 60.5 Å². The number of amides is 1. The van der Waals surface area contributed by atoms with Crippen molar-refractivity contribution < 1.29 is 14.3 Å². The fourth-order valence-electron chi connectivity index (χ4n) is 1.91. The molecule has 23 heavy (non-hydrogen) atoms. The van der Waals surface area contributed by atoms with Crippen LogP contribution in [0.15, 0.2) is 36.2 Å². The van der Waals surface area contributed by atoms with E-state index in [1.165, 1.54) is 11.3 Å². The normalized spacial score (nSPS) is 10.2. The highest BCUT2D eigenvalue weighted by Gasteiger charge is 2.13. The smallest absolute Gasteiger partial charge is 0.270 e. The first-order chi connectivity index (χ1) is 11.2. The Balaban J connectivity index is 2.20. The molecule has 0 spiro atoms. The monoisotopic (exact) mass is 332 g/mol. The lowest BCUT2D eigenvalue weighted by molar-refractivity contribution is 0.0949. The van der Waals surface area contributed by atoms with E-state index in [4.69, 9.17) is 9.47 Å². The molecule has 0 saturated carbocycles. The number of hydrogen-bond donors (Lipinski definition) is 1. The molecule has 1 N–H and O–H groups in total. The Bertz CT molecular complexity index is 682. The van der Waals surface area contributed by atoms with Crippen LogP contribution in [0.25, 0.3) is 10.6 Å². The van der Waals surface area contributed by atoms with Crippen LogP contribution in [0, 0.1) is 0 Å². The summed E-state index contributed by atoms with van der Waals surface area (Å²) in [7, 11) is 1.59. The fraction of sp³-hybridized carbons (Fsp3) is 0.294. The van der Waals surface area contributed by atoms with Crippen molar-refractivity contribution in [1.82, 2.24) is 10.3 Å². The summed E-state index contributed by atoms with van der Waals surface area (Å²) < 4.78 is 10.9. The van der Waals surface area contributed by atoms with Gasteiger partial charge in [0, 0.05) is 17.5 Å². The minimum absolute atomic E-state index is 0.146. The van der Waals surface area contributed by atoms with E-state index >= 15 is 0 Å². The summed E-state index contributed by atoms with van der Waals surface area (Å²) >= 11 is 1.42. The average Bonchev–Trinajstić information content (AvgIpc) is 3.07. The van der Waals surface area contributed by atoms with Crippen LogP contribution >= 0.6 is 11.3 Å². The maximum absolute atomic E-state index is 11.9. The van der Waals surface area contributed by atoms with Crippen molar-refractivity contribution in [1.29, 1.82) is 0 Å². The predicted molar refractivity (Wildman–Crippen MR) is 92.4 cm³/mol. The highest BCUT2D eigenvalue weighted by Crippen LogP contribution is 2.33. The molecule has 1 aromatic carbocycles. The Morgan fingerprint density at radius 2 is 2.26 bits per heavy atom. The third kappa shape index (κ3) is 4.32. The summed E-state index contributed by atoms with van der Waals surface area (Å²) in [6, 6.07) is 5.58. The zero-order chi connectivity index (χ0) is 16.7. The van der Waals surface area contributed by atoms with Gasteiger partial charge >= 0.3 is 0 Å². The maximum Gasteiger partial charge on any atom is 0.270 e. The minimum Gasteiger partial charge on any atom is -0.493 e. The van der Waals surface area contributed by atoms with Gasteiger partial charge in [0.05, 0.1) is 7.11 Å². The molecule has 1 heterocycles. The molecular weight excluding hydrogens is 312 g/mol. The highest BCUT2D eigenvalue weighted by molar-refractivity contribution is 7.13. The quantitative estimate of drug-likeness (QED) is 0.751. The van der Waals surface area contributed by atoms with Gasteiger partial charge in [-0.15, -0.1) is 11.3 Å². The first kappa shape index (κ1) is 17.0. The first-order valence-corrected chi connectivity index (χ1v) is 8.23. The van der Waals surface area contributed by atoms with Crippen molar-refractivity contribution >= 4 is 17.2 Å². The molecule has 0 unspecified atom stereocenters. The van der Waals surface area contributed by atoms with Gasteiger partial charge < -0.3 is 14.8 Å². The lowest BCUT2D eigenvalue weighted by Gasteiger charge is -2.10. The van der Waals surface area contributed by atoms with Gasteiger partial charge in [0.25, 0.3) is 5.91 Å². The first-order valence-electron chi connectivity index (χ1n) is 7.35. The summed E-state index contributed by atoms with van der Waals surface area (Å²) in [5.74, 6) is 1.12. The molecule has 0 aliphatic rings. The van der Waals surface area contributed by atoms with Crippen LogP contribution < -0.4 is 14.8 Å². The van der Waals surface area contributed by atoms with Crippen molar-refractivity contribution in [2.45, 2.75) is 13.3 Å². The number of ether oxygens (including phenoxy) is 2. The number of nitrogens with one attached hydrogen (secondary N) is 1. The van der Waals surface area contributed by atoms with Gasteiger partial charge in [0.15, 0.2) is 11.5 Å². The lowest BCUT2D eigenvalue weighted by Crippen LogP contribution is -2.24. The van der Waals surface area contributed by atoms with E-state index in [2.05, 4.69) is 16.9 Å². The number of hydrogen-bond acceptors (Lipinski definition) is 5. The Labute approximate surface area is 140 Å². The molecule has 6 heteroatoms. The van der Waals surface area contributed by atoms with Gasteiger partial charge in [0.2, 0.25) is 0 Å². The zero-order valence-corrected chi connectivity index (χ0v) is 14.1. The molecule has 2 aromatic rings.